The SMILES string of the molecule is CCc1cc(N2CCC(F)(F)C2)ncc1N(C)c1cc2c(cn1)ncn2C. The maximum atomic E-state index is 13.5. The van der Waals surface area contributed by atoms with Crippen molar-refractivity contribution < 1.29 is 8.78 Å². The van der Waals surface area contributed by atoms with E-state index in [4.69, 9.17) is 0 Å². The Labute approximate surface area is 156 Å². The van der Waals surface area contributed by atoms with E-state index in [9.17, 15) is 8.78 Å². The number of aromatic nitrogens is 4. The van der Waals surface area contributed by atoms with Crippen molar-refractivity contribution in [3.8, 4) is 0 Å². The Morgan fingerprint density at radius 1 is 1.19 bits per heavy atom. The summed E-state index contributed by atoms with van der Waals surface area (Å²) in [6.45, 7) is 2.11. The Bertz CT molecular complexity index is 983. The molecule has 3 aromatic rings. The lowest BCUT2D eigenvalue weighted by molar-refractivity contribution is 0.0256. The quantitative estimate of drug-likeness (QED) is 0.701. The number of halogens is 2. The smallest absolute Gasteiger partial charge is 0.266 e. The molecular formula is C19H22F2N6. The fourth-order valence-electron chi connectivity index (χ4n) is 3.49. The second kappa shape index (κ2) is 6.44. The van der Waals surface area contributed by atoms with Crippen molar-refractivity contribution in [2.45, 2.75) is 25.7 Å². The van der Waals surface area contributed by atoms with Crippen LogP contribution < -0.4 is 9.80 Å². The van der Waals surface area contributed by atoms with E-state index in [0.29, 0.717) is 12.4 Å². The number of imidazole rings is 1. The van der Waals surface area contributed by atoms with Crippen LogP contribution in [0.3, 0.4) is 0 Å². The molecule has 0 aliphatic carbocycles. The monoisotopic (exact) mass is 372 g/mol. The third-order valence-electron chi connectivity index (χ3n) is 5.13. The Balaban J connectivity index is 1.66. The van der Waals surface area contributed by atoms with Crippen LogP contribution in [0.15, 0.2) is 30.9 Å². The number of fused-ring (bicyclic) bond motifs is 1. The van der Waals surface area contributed by atoms with Gasteiger partial charge in [-0.1, -0.05) is 6.92 Å². The predicted molar refractivity (Wildman–Crippen MR) is 102 cm³/mol. The number of pyridine rings is 2. The summed E-state index contributed by atoms with van der Waals surface area (Å²) >= 11 is 0. The van der Waals surface area contributed by atoms with E-state index in [0.717, 1.165) is 34.5 Å². The normalized spacial score (nSPS) is 16.3. The van der Waals surface area contributed by atoms with Crippen molar-refractivity contribution in [3.63, 3.8) is 0 Å². The van der Waals surface area contributed by atoms with Crippen LogP contribution in [0, 0.1) is 0 Å². The van der Waals surface area contributed by atoms with Crippen LogP contribution in [0.1, 0.15) is 18.9 Å². The number of hydrogen-bond donors (Lipinski definition) is 0. The highest BCUT2D eigenvalue weighted by Gasteiger charge is 2.38. The summed E-state index contributed by atoms with van der Waals surface area (Å²) < 4.78 is 29.0. The van der Waals surface area contributed by atoms with E-state index in [2.05, 4.69) is 15.0 Å². The number of hydrogen-bond acceptors (Lipinski definition) is 5. The van der Waals surface area contributed by atoms with Crippen LogP contribution in [0.5, 0.6) is 0 Å². The molecule has 1 fully saturated rings. The molecule has 0 atom stereocenters. The van der Waals surface area contributed by atoms with Crippen LogP contribution in [0.2, 0.25) is 0 Å². The Hall–Kier alpha value is -2.77. The lowest BCUT2D eigenvalue weighted by Gasteiger charge is -2.24. The zero-order chi connectivity index (χ0) is 19.2. The number of alkyl halides is 2. The maximum Gasteiger partial charge on any atom is 0.266 e. The topological polar surface area (TPSA) is 50.1 Å². The summed E-state index contributed by atoms with van der Waals surface area (Å²) in [5.74, 6) is -1.24. The first-order chi connectivity index (χ1) is 12.9. The molecule has 0 aromatic carbocycles. The van der Waals surface area contributed by atoms with Gasteiger partial charge in [0.15, 0.2) is 0 Å². The Morgan fingerprint density at radius 2 is 2.00 bits per heavy atom. The van der Waals surface area contributed by atoms with Crippen molar-refractivity contribution in [1.29, 1.82) is 0 Å². The van der Waals surface area contributed by atoms with Crippen molar-refractivity contribution >= 4 is 28.4 Å². The zero-order valence-corrected chi connectivity index (χ0v) is 15.7. The molecule has 6 nitrogen and oxygen atoms in total. The summed E-state index contributed by atoms with van der Waals surface area (Å²) in [6.07, 6.45) is 5.91. The van der Waals surface area contributed by atoms with E-state index >= 15 is 0 Å². The molecule has 0 amide bonds. The van der Waals surface area contributed by atoms with E-state index in [1.165, 1.54) is 0 Å². The number of aryl methyl sites for hydroxylation is 2. The Kier molecular flexibility index (Phi) is 4.20. The second-order valence-electron chi connectivity index (χ2n) is 7.00. The molecule has 8 heteroatoms. The fraction of sp³-hybridized carbons (Fsp3) is 0.421. The number of anilines is 3. The van der Waals surface area contributed by atoms with E-state index in [-0.39, 0.29) is 13.0 Å². The summed E-state index contributed by atoms with van der Waals surface area (Å²) in [7, 11) is 3.88. The van der Waals surface area contributed by atoms with Gasteiger partial charge in [-0.3, -0.25) is 0 Å². The van der Waals surface area contributed by atoms with Crippen LogP contribution in [0.4, 0.5) is 26.1 Å². The average molecular weight is 372 g/mol. The summed E-state index contributed by atoms with van der Waals surface area (Å²) in [6, 6.07) is 3.90. The summed E-state index contributed by atoms with van der Waals surface area (Å²) in [5, 5.41) is 0. The molecule has 0 bridgehead atoms. The molecule has 3 aromatic heterocycles. The van der Waals surface area contributed by atoms with Crippen molar-refractivity contribution in [2.24, 2.45) is 7.05 Å². The van der Waals surface area contributed by atoms with Crippen LogP contribution in [-0.2, 0) is 13.5 Å². The van der Waals surface area contributed by atoms with Gasteiger partial charge in [0.2, 0.25) is 0 Å². The molecule has 27 heavy (non-hydrogen) atoms. The highest BCUT2D eigenvalue weighted by Crippen LogP contribution is 2.33. The first-order valence-electron chi connectivity index (χ1n) is 9.00. The van der Waals surface area contributed by atoms with E-state index in [1.807, 2.05) is 42.6 Å². The molecule has 1 aliphatic rings. The van der Waals surface area contributed by atoms with Crippen LogP contribution in [0.25, 0.3) is 11.0 Å². The van der Waals surface area contributed by atoms with E-state index < -0.39 is 5.92 Å². The van der Waals surface area contributed by atoms with E-state index in [1.54, 1.807) is 23.6 Å². The maximum absolute atomic E-state index is 13.5. The lowest BCUT2D eigenvalue weighted by Crippen LogP contribution is -2.26. The average Bonchev–Trinajstić information content (AvgIpc) is 3.22. The van der Waals surface area contributed by atoms with Gasteiger partial charge in [0.1, 0.15) is 17.2 Å². The molecule has 4 rings (SSSR count). The largest absolute Gasteiger partial charge is 0.350 e. The molecule has 0 spiro atoms. The number of nitrogens with zero attached hydrogens (tertiary/aromatic N) is 6. The zero-order valence-electron chi connectivity index (χ0n) is 15.7. The lowest BCUT2D eigenvalue weighted by atomic mass is 10.1. The minimum Gasteiger partial charge on any atom is -0.350 e. The summed E-state index contributed by atoms with van der Waals surface area (Å²) in [5.41, 5.74) is 3.80. The minimum atomic E-state index is -2.63. The first-order valence-corrected chi connectivity index (χ1v) is 9.00. The van der Waals surface area contributed by atoms with Gasteiger partial charge in [0, 0.05) is 33.1 Å². The Morgan fingerprint density at radius 3 is 2.70 bits per heavy atom. The highest BCUT2D eigenvalue weighted by molar-refractivity contribution is 5.79. The standard InChI is InChI=1S/C19H22F2N6/c1-4-13-7-18(27-6-5-19(20,21)11-27)23-10-16(13)26(3)17-8-15-14(9-22-17)24-12-25(15)2/h7-10,12H,4-6,11H2,1-3H3. The molecular weight excluding hydrogens is 350 g/mol. The summed E-state index contributed by atoms with van der Waals surface area (Å²) in [4.78, 5) is 16.9. The number of rotatable bonds is 4. The van der Waals surface area contributed by atoms with Crippen molar-refractivity contribution in [3.05, 3.63) is 36.4 Å². The molecule has 4 heterocycles. The van der Waals surface area contributed by atoms with Gasteiger partial charge in [-0.25, -0.2) is 23.7 Å². The third kappa shape index (κ3) is 3.20. The van der Waals surface area contributed by atoms with Gasteiger partial charge < -0.3 is 14.4 Å². The molecule has 0 unspecified atom stereocenters. The molecule has 0 radical (unpaired) electrons. The van der Waals surface area contributed by atoms with Gasteiger partial charge in [-0.2, -0.15) is 0 Å². The van der Waals surface area contributed by atoms with Gasteiger partial charge in [-0.05, 0) is 18.1 Å². The van der Waals surface area contributed by atoms with Gasteiger partial charge in [0.05, 0.1) is 36.5 Å². The fourth-order valence-corrected chi connectivity index (χ4v) is 3.49. The molecule has 142 valence electrons. The molecule has 1 aliphatic heterocycles. The second-order valence-corrected chi connectivity index (χ2v) is 7.00. The van der Waals surface area contributed by atoms with Gasteiger partial charge in [0.25, 0.3) is 5.92 Å². The molecule has 0 N–H and O–H groups in total. The van der Waals surface area contributed by atoms with Crippen molar-refractivity contribution in [1.82, 2.24) is 19.5 Å². The van der Waals surface area contributed by atoms with Gasteiger partial charge in [-0.15, -0.1) is 0 Å². The van der Waals surface area contributed by atoms with Crippen molar-refractivity contribution in [2.75, 3.05) is 29.9 Å². The van der Waals surface area contributed by atoms with Crippen LogP contribution in [-0.4, -0.2) is 45.6 Å². The first kappa shape index (κ1) is 17.6. The van der Waals surface area contributed by atoms with Gasteiger partial charge >= 0.3 is 0 Å². The molecule has 0 saturated carbocycles. The predicted octanol–water partition coefficient (Wildman–Crippen LogP) is 3.54. The highest BCUT2D eigenvalue weighted by atomic mass is 19.3. The van der Waals surface area contributed by atoms with Crippen LogP contribution >= 0.6 is 0 Å². The third-order valence-corrected chi connectivity index (χ3v) is 5.13. The minimum absolute atomic E-state index is 0.119. The molecule has 1 saturated heterocycles.